The van der Waals surface area contributed by atoms with Gasteiger partial charge < -0.3 is 15.2 Å². The van der Waals surface area contributed by atoms with Crippen LogP contribution in [0.4, 0.5) is 0 Å². The summed E-state index contributed by atoms with van der Waals surface area (Å²) >= 11 is 0. The predicted molar refractivity (Wildman–Crippen MR) is 55.2 cm³/mol. The van der Waals surface area contributed by atoms with Crippen molar-refractivity contribution in [3.63, 3.8) is 0 Å². The van der Waals surface area contributed by atoms with Gasteiger partial charge in [0.15, 0.2) is 0 Å². The number of hydrogen-bond acceptors (Lipinski definition) is 3. The first-order chi connectivity index (χ1) is 6.86. The predicted octanol–water partition coefficient (Wildman–Crippen LogP) is 0.836. The normalized spacial score (nSPS) is 33.1. The first-order valence-corrected chi connectivity index (χ1v) is 5.53. The molecular formula is C11H19NO2. The molecule has 1 fully saturated rings. The lowest BCUT2D eigenvalue weighted by molar-refractivity contribution is 0.145. The molecule has 0 radical (unpaired) electrons. The van der Waals surface area contributed by atoms with Crippen molar-refractivity contribution in [2.24, 2.45) is 0 Å². The molecule has 80 valence electrons. The molecule has 1 aliphatic heterocycles. The third-order valence-electron chi connectivity index (χ3n) is 3.13. The van der Waals surface area contributed by atoms with Gasteiger partial charge in [-0.1, -0.05) is 11.6 Å². The Morgan fingerprint density at radius 3 is 3.07 bits per heavy atom. The minimum atomic E-state index is -0.129. The molecule has 2 rings (SSSR count). The van der Waals surface area contributed by atoms with E-state index in [1.54, 1.807) is 0 Å². The number of rotatable bonds is 3. The molecule has 2 atom stereocenters. The van der Waals surface area contributed by atoms with E-state index in [9.17, 15) is 5.11 Å². The minimum absolute atomic E-state index is 0.129. The highest BCUT2D eigenvalue weighted by atomic mass is 16.5. The highest BCUT2D eigenvalue weighted by Gasteiger charge is 2.24. The second-order valence-electron chi connectivity index (χ2n) is 4.17. The lowest BCUT2D eigenvalue weighted by Crippen LogP contribution is -2.37. The Bertz CT molecular complexity index is 215. The molecule has 3 heteroatoms. The summed E-state index contributed by atoms with van der Waals surface area (Å²) in [6, 6.07) is 0.318. The Labute approximate surface area is 85.1 Å². The van der Waals surface area contributed by atoms with E-state index in [0.29, 0.717) is 6.04 Å². The van der Waals surface area contributed by atoms with Gasteiger partial charge in [0.1, 0.15) is 0 Å². The number of ether oxygens (including phenoxy) is 1. The van der Waals surface area contributed by atoms with E-state index in [0.717, 1.165) is 45.4 Å². The average molecular weight is 197 g/mol. The van der Waals surface area contributed by atoms with E-state index in [-0.39, 0.29) is 6.10 Å². The molecule has 0 saturated heterocycles. The lowest BCUT2D eigenvalue weighted by Gasteiger charge is -2.19. The quantitative estimate of drug-likeness (QED) is 0.659. The Morgan fingerprint density at radius 2 is 2.43 bits per heavy atom. The van der Waals surface area contributed by atoms with Crippen LogP contribution in [0.3, 0.4) is 0 Å². The molecule has 0 bridgehead atoms. The van der Waals surface area contributed by atoms with Crippen LogP contribution in [0.1, 0.15) is 25.7 Å². The van der Waals surface area contributed by atoms with Crippen molar-refractivity contribution in [2.45, 2.75) is 37.8 Å². The van der Waals surface area contributed by atoms with Gasteiger partial charge in [-0.15, -0.1) is 0 Å². The van der Waals surface area contributed by atoms with Crippen molar-refractivity contribution in [2.75, 3.05) is 19.8 Å². The molecular weight excluding hydrogens is 178 g/mol. The molecule has 1 saturated carbocycles. The first-order valence-electron chi connectivity index (χ1n) is 5.53. The zero-order valence-corrected chi connectivity index (χ0v) is 8.54. The fourth-order valence-corrected chi connectivity index (χ4v) is 2.17. The van der Waals surface area contributed by atoms with Crippen molar-refractivity contribution < 1.29 is 9.84 Å². The van der Waals surface area contributed by atoms with Gasteiger partial charge in [-0.2, -0.15) is 0 Å². The summed E-state index contributed by atoms with van der Waals surface area (Å²) in [5.41, 5.74) is 1.43. The van der Waals surface area contributed by atoms with Crippen LogP contribution in [0.5, 0.6) is 0 Å². The maximum Gasteiger partial charge on any atom is 0.0693 e. The second kappa shape index (κ2) is 4.91. The summed E-state index contributed by atoms with van der Waals surface area (Å²) < 4.78 is 5.24. The van der Waals surface area contributed by atoms with Gasteiger partial charge >= 0.3 is 0 Å². The van der Waals surface area contributed by atoms with Gasteiger partial charge in [-0.05, 0) is 25.7 Å². The fourth-order valence-electron chi connectivity index (χ4n) is 2.17. The highest BCUT2D eigenvalue weighted by Crippen LogP contribution is 2.19. The van der Waals surface area contributed by atoms with Crippen LogP contribution >= 0.6 is 0 Å². The summed E-state index contributed by atoms with van der Waals surface area (Å²) in [6.07, 6.45) is 6.29. The first kappa shape index (κ1) is 10.1. The van der Waals surface area contributed by atoms with Crippen LogP contribution in [0.15, 0.2) is 11.6 Å². The molecule has 0 aromatic rings. The van der Waals surface area contributed by atoms with Gasteiger partial charge in [0.25, 0.3) is 0 Å². The maximum absolute atomic E-state index is 9.61. The van der Waals surface area contributed by atoms with Crippen molar-refractivity contribution in [1.82, 2.24) is 5.32 Å². The van der Waals surface area contributed by atoms with Crippen molar-refractivity contribution in [1.29, 1.82) is 0 Å². The standard InChI is InChI=1S/C11H19NO2/c13-11-3-1-2-10(11)12-8-9-4-6-14-7-5-9/h4,10-13H,1-3,5-8H2. The number of hydrogen-bond donors (Lipinski definition) is 2. The summed E-state index contributed by atoms with van der Waals surface area (Å²) in [4.78, 5) is 0. The van der Waals surface area contributed by atoms with Gasteiger partial charge in [0.05, 0.1) is 19.3 Å². The van der Waals surface area contributed by atoms with E-state index >= 15 is 0 Å². The van der Waals surface area contributed by atoms with Crippen LogP contribution in [0.2, 0.25) is 0 Å². The monoisotopic (exact) mass is 197 g/mol. The number of aliphatic hydroxyl groups is 1. The van der Waals surface area contributed by atoms with Crippen LogP contribution < -0.4 is 5.32 Å². The van der Waals surface area contributed by atoms with Crippen LogP contribution in [0, 0.1) is 0 Å². The van der Waals surface area contributed by atoms with Crippen LogP contribution in [0.25, 0.3) is 0 Å². The van der Waals surface area contributed by atoms with Gasteiger partial charge in [-0.25, -0.2) is 0 Å². The molecule has 0 aromatic carbocycles. The van der Waals surface area contributed by atoms with E-state index in [1.165, 1.54) is 5.57 Å². The number of aliphatic hydroxyl groups excluding tert-OH is 1. The third-order valence-corrected chi connectivity index (χ3v) is 3.13. The summed E-state index contributed by atoms with van der Waals surface area (Å²) in [5.74, 6) is 0. The Hall–Kier alpha value is -0.380. The summed E-state index contributed by atoms with van der Waals surface area (Å²) in [6.45, 7) is 2.52. The molecule has 3 nitrogen and oxygen atoms in total. The Balaban J connectivity index is 1.73. The van der Waals surface area contributed by atoms with Gasteiger partial charge in [0.2, 0.25) is 0 Å². The van der Waals surface area contributed by atoms with E-state index in [4.69, 9.17) is 4.74 Å². The summed E-state index contributed by atoms with van der Waals surface area (Å²) in [5, 5.41) is 13.0. The molecule has 2 N–H and O–H groups in total. The highest BCUT2D eigenvalue weighted by molar-refractivity contribution is 5.07. The lowest BCUT2D eigenvalue weighted by atomic mass is 10.1. The molecule has 0 amide bonds. The van der Waals surface area contributed by atoms with Crippen molar-refractivity contribution >= 4 is 0 Å². The average Bonchev–Trinajstić information content (AvgIpc) is 2.63. The third kappa shape index (κ3) is 2.56. The smallest absolute Gasteiger partial charge is 0.0693 e. The van der Waals surface area contributed by atoms with E-state index < -0.39 is 0 Å². The SMILES string of the molecule is OC1CCCC1NCC1=CCOCC1. The molecule has 0 aromatic heterocycles. The van der Waals surface area contributed by atoms with Crippen molar-refractivity contribution in [3.8, 4) is 0 Å². The van der Waals surface area contributed by atoms with Crippen LogP contribution in [-0.2, 0) is 4.74 Å². The Morgan fingerprint density at radius 1 is 1.50 bits per heavy atom. The molecule has 1 aliphatic carbocycles. The largest absolute Gasteiger partial charge is 0.392 e. The second-order valence-corrected chi connectivity index (χ2v) is 4.17. The fraction of sp³-hybridized carbons (Fsp3) is 0.818. The van der Waals surface area contributed by atoms with Gasteiger partial charge in [-0.3, -0.25) is 0 Å². The maximum atomic E-state index is 9.61. The molecule has 14 heavy (non-hydrogen) atoms. The topological polar surface area (TPSA) is 41.5 Å². The number of nitrogens with one attached hydrogen (secondary N) is 1. The van der Waals surface area contributed by atoms with Crippen LogP contribution in [-0.4, -0.2) is 37.0 Å². The molecule has 2 aliphatic rings. The Kier molecular flexibility index (Phi) is 3.56. The van der Waals surface area contributed by atoms with Gasteiger partial charge in [0, 0.05) is 12.6 Å². The van der Waals surface area contributed by atoms with E-state index in [1.807, 2.05) is 0 Å². The summed E-state index contributed by atoms with van der Waals surface area (Å²) in [7, 11) is 0. The van der Waals surface area contributed by atoms with E-state index in [2.05, 4.69) is 11.4 Å². The molecule has 0 spiro atoms. The molecule has 1 heterocycles. The minimum Gasteiger partial charge on any atom is -0.392 e. The zero-order valence-electron chi connectivity index (χ0n) is 8.54. The zero-order chi connectivity index (χ0) is 9.80. The molecule has 2 unspecified atom stereocenters. The van der Waals surface area contributed by atoms with Crippen molar-refractivity contribution in [3.05, 3.63) is 11.6 Å².